The van der Waals surface area contributed by atoms with Gasteiger partial charge in [-0.25, -0.2) is 4.58 Å². The van der Waals surface area contributed by atoms with Gasteiger partial charge in [0.2, 0.25) is 0 Å². The number of aromatic nitrogens is 1. The highest BCUT2D eigenvalue weighted by atomic mass is 14.9. The zero-order chi connectivity index (χ0) is 9.97. The van der Waals surface area contributed by atoms with Gasteiger partial charge in [0.1, 0.15) is 14.1 Å². The van der Waals surface area contributed by atoms with Crippen LogP contribution in [0.15, 0.2) is 30.5 Å². The Morgan fingerprint density at radius 1 is 1.43 bits per heavy atom. The maximum Gasteiger partial charge on any atom is 0.175 e. The van der Waals surface area contributed by atoms with Crippen LogP contribution < -0.4 is 0 Å². The number of aromatic amines is 1. The summed E-state index contributed by atoms with van der Waals surface area (Å²) in [5.74, 6) is 0.577. The minimum Gasteiger partial charge on any atom is -0.365 e. The number of hydrogen-bond donors (Lipinski definition) is 1. The molecule has 1 aliphatic carbocycles. The maximum atomic E-state index is 3.28. The van der Waals surface area contributed by atoms with Crippen LogP contribution in [0.4, 0.5) is 0 Å². The van der Waals surface area contributed by atoms with E-state index in [1.165, 1.54) is 24.2 Å². The van der Waals surface area contributed by atoms with E-state index in [9.17, 15) is 0 Å². The van der Waals surface area contributed by atoms with Crippen molar-refractivity contribution in [3.8, 4) is 0 Å². The molecule has 2 rings (SSSR count). The second kappa shape index (κ2) is 3.82. The number of H-pyrrole nitrogens is 1. The molecule has 0 aliphatic heterocycles. The van der Waals surface area contributed by atoms with E-state index in [0.29, 0.717) is 5.92 Å². The highest BCUT2D eigenvalue weighted by Gasteiger charge is 2.17. The van der Waals surface area contributed by atoms with Crippen molar-refractivity contribution in [2.24, 2.45) is 0 Å². The molecular formula is C12H17N2+. The quantitative estimate of drug-likeness (QED) is 0.653. The lowest BCUT2D eigenvalue weighted by molar-refractivity contribution is -0.465. The van der Waals surface area contributed by atoms with Gasteiger partial charge in [-0.3, -0.25) is 0 Å². The zero-order valence-corrected chi connectivity index (χ0v) is 8.83. The predicted octanol–water partition coefficient (Wildman–Crippen LogP) is 2.16. The van der Waals surface area contributed by atoms with Crippen LogP contribution in [0.2, 0.25) is 0 Å². The van der Waals surface area contributed by atoms with Gasteiger partial charge >= 0.3 is 0 Å². The van der Waals surface area contributed by atoms with Crippen LogP contribution in [0.3, 0.4) is 0 Å². The molecule has 0 saturated heterocycles. The summed E-state index contributed by atoms with van der Waals surface area (Å²) >= 11 is 0. The molecule has 2 heteroatoms. The Morgan fingerprint density at radius 3 is 2.79 bits per heavy atom. The lowest BCUT2D eigenvalue weighted by Gasteiger charge is -2.14. The van der Waals surface area contributed by atoms with E-state index in [2.05, 4.69) is 47.9 Å². The van der Waals surface area contributed by atoms with Gasteiger partial charge in [-0.05, 0) is 18.6 Å². The normalized spacial score (nSPS) is 21.3. The van der Waals surface area contributed by atoms with Crippen LogP contribution >= 0.6 is 0 Å². The molecule has 2 nitrogen and oxygen atoms in total. The number of hydrogen-bond acceptors (Lipinski definition) is 0. The molecular weight excluding hydrogens is 172 g/mol. The first-order valence-electron chi connectivity index (χ1n) is 5.12. The second-order valence-electron chi connectivity index (χ2n) is 4.02. The van der Waals surface area contributed by atoms with Crippen molar-refractivity contribution in [2.75, 3.05) is 14.1 Å². The van der Waals surface area contributed by atoms with E-state index in [0.717, 1.165) is 0 Å². The molecule has 1 aromatic heterocycles. The summed E-state index contributed by atoms with van der Waals surface area (Å²) in [6, 6.07) is 4.23. The van der Waals surface area contributed by atoms with Gasteiger partial charge < -0.3 is 4.98 Å². The van der Waals surface area contributed by atoms with Gasteiger partial charge in [0.25, 0.3) is 0 Å². The fourth-order valence-corrected chi connectivity index (χ4v) is 1.92. The minimum atomic E-state index is 0.577. The van der Waals surface area contributed by atoms with E-state index in [-0.39, 0.29) is 0 Å². The molecule has 0 amide bonds. The summed E-state index contributed by atoms with van der Waals surface area (Å²) in [4.78, 5) is 3.28. The number of rotatable bonds is 1. The van der Waals surface area contributed by atoms with E-state index in [1.807, 2.05) is 6.20 Å². The fourth-order valence-electron chi connectivity index (χ4n) is 1.92. The summed E-state index contributed by atoms with van der Waals surface area (Å²) in [5.41, 5.74) is 2.76. The smallest absolute Gasteiger partial charge is 0.175 e. The zero-order valence-electron chi connectivity index (χ0n) is 8.83. The number of nitrogens with one attached hydrogen (secondary N) is 1. The third kappa shape index (κ3) is 1.79. The van der Waals surface area contributed by atoms with Crippen molar-refractivity contribution >= 4 is 5.71 Å². The molecule has 0 bridgehead atoms. The summed E-state index contributed by atoms with van der Waals surface area (Å²) in [6.45, 7) is 0. The van der Waals surface area contributed by atoms with Gasteiger partial charge in [0.15, 0.2) is 5.71 Å². The van der Waals surface area contributed by atoms with Gasteiger partial charge in [-0.15, -0.1) is 0 Å². The second-order valence-corrected chi connectivity index (χ2v) is 4.02. The van der Waals surface area contributed by atoms with Crippen LogP contribution in [0.1, 0.15) is 24.5 Å². The molecule has 0 aromatic carbocycles. The van der Waals surface area contributed by atoms with Crippen molar-refractivity contribution in [1.82, 2.24) is 4.98 Å². The average Bonchev–Trinajstić information content (AvgIpc) is 2.71. The van der Waals surface area contributed by atoms with E-state index < -0.39 is 0 Å². The van der Waals surface area contributed by atoms with Crippen LogP contribution in [0.5, 0.6) is 0 Å². The summed E-state index contributed by atoms with van der Waals surface area (Å²) < 4.78 is 2.20. The van der Waals surface area contributed by atoms with Crippen LogP contribution in [-0.4, -0.2) is 29.4 Å². The molecule has 1 aromatic rings. The predicted molar refractivity (Wildman–Crippen MR) is 59.0 cm³/mol. The molecule has 14 heavy (non-hydrogen) atoms. The third-order valence-corrected chi connectivity index (χ3v) is 2.83. The van der Waals surface area contributed by atoms with Crippen molar-refractivity contribution in [1.29, 1.82) is 0 Å². The Labute approximate surface area is 85.0 Å². The van der Waals surface area contributed by atoms with E-state index >= 15 is 0 Å². The first-order valence-corrected chi connectivity index (χ1v) is 5.12. The van der Waals surface area contributed by atoms with E-state index in [4.69, 9.17) is 0 Å². The highest BCUT2D eigenvalue weighted by molar-refractivity contribution is 5.91. The molecule has 1 heterocycles. The molecule has 0 saturated carbocycles. The largest absolute Gasteiger partial charge is 0.365 e. The number of nitrogens with zero attached hydrogens (tertiary/aromatic N) is 1. The van der Waals surface area contributed by atoms with Gasteiger partial charge in [0, 0.05) is 30.3 Å². The monoisotopic (exact) mass is 189 g/mol. The molecule has 1 atom stereocenters. The fraction of sp³-hybridized carbons (Fsp3) is 0.417. The Morgan fingerprint density at radius 2 is 2.29 bits per heavy atom. The molecule has 0 radical (unpaired) electrons. The maximum absolute atomic E-state index is 3.28. The van der Waals surface area contributed by atoms with Crippen molar-refractivity contribution in [3.63, 3.8) is 0 Å². The first-order chi connectivity index (χ1) is 6.77. The van der Waals surface area contributed by atoms with E-state index in [1.54, 1.807) is 0 Å². The van der Waals surface area contributed by atoms with Gasteiger partial charge in [-0.2, -0.15) is 0 Å². The van der Waals surface area contributed by atoms with Crippen molar-refractivity contribution < 1.29 is 4.58 Å². The molecule has 0 spiro atoms. The van der Waals surface area contributed by atoms with Crippen LogP contribution in [0.25, 0.3) is 0 Å². The number of allylic oxidation sites excluding steroid dienone is 2. The van der Waals surface area contributed by atoms with Crippen LogP contribution in [-0.2, 0) is 0 Å². The summed E-state index contributed by atoms with van der Waals surface area (Å²) in [6.07, 6.45) is 8.92. The Hall–Kier alpha value is -1.31. The lowest BCUT2D eigenvalue weighted by atomic mass is 9.92. The van der Waals surface area contributed by atoms with Crippen molar-refractivity contribution in [2.45, 2.75) is 18.8 Å². The molecule has 0 fully saturated rings. The van der Waals surface area contributed by atoms with Crippen LogP contribution in [0, 0.1) is 0 Å². The summed E-state index contributed by atoms with van der Waals surface area (Å²) in [7, 11) is 4.21. The molecule has 74 valence electrons. The minimum absolute atomic E-state index is 0.577. The van der Waals surface area contributed by atoms with Gasteiger partial charge in [-0.1, -0.05) is 6.08 Å². The Balaban J connectivity index is 2.16. The highest BCUT2D eigenvalue weighted by Crippen LogP contribution is 2.24. The topological polar surface area (TPSA) is 18.8 Å². The molecule has 1 aliphatic rings. The van der Waals surface area contributed by atoms with Crippen molar-refractivity contribution in [3.05, 3.63) is 36.2 Å². The molecule has 0 unspecified atom stereocenters. The Kier molecular flexibility index (Phi) is 2.53. The lowest BCUT2D eigenvalue weighted by Crippen LogP contribution is -2.15. The molecule has 1 N–H and O–H groups in total. The average molecular weight is 189 g/mol. The Bertz CT molecular complexity index is 354. The SMILES string of the molecule is C[N+](C)=C1C=C[C@@H](c2ccc[nH]2)CC1. The standard InChI is InChI=1S/C12H17N2/c1-14(2)11-7-5-10(6-8-11)12-4-3-9-13-12/h3-5,7,9-10,13H,6,8H2,1-2H3/q+1/t10-/m1/s1. The first kappa shape index (κ1) is 9.25. The summed E-state index contributed by atoms with van der Waals surface area (Å²) in [5, 5.41) is 0. The van der Waals surface area contributed by atoms with Gasteiger partial charge in [0.05, 0.1) is 0 Å². The third-order valence-electron chi connectivity index (χ3n) is 2.83.